The maximum atomic E-state index is 13.5. The number of hydrogen-bond donors (Lipinski definition) is 5. The van der Waals surface area contributed by atoms with Crippen LogP contribution in [0.4, 0.5) is 0 Å². The number of aliphatic hydroxyl groups is 3. The van der Waals surface area contributed by atoms with Crippen LogP contribution < -0.4 is 5.73 Å². The van der Waals surface area contributed by atoms with Crippen molar-refractivity contribution < 1.29 is 34.4 Å². The van der Waals surface area contributed by atoms with Gasteiger partial charge < -0.3 is 30.6 Å². The van der Waals surface area contributed by atoms with Gasteiger partial charge in [0.25, 0.3) is 0 Å². The number of nitrogens with two attached hydrogens (primary N) is 1. The number of aliphatic hydroxyl groups excluding tert-OH is 2. The minimum atomic E-state index is -2.41. The Bertz CT molecular complexity index is 1270. The first-order valence-electron chi connectivity index (χ1n) is 10.2. The van der Waals surface area contributed by atoms with Crippen molar-refractivity contribution in [3.05, 3.63) is 70.8 Å². The average Bonchev–Trinajstić information content (AvgIpc) is 3.25. The van der Waals surface area contributed by atoms with Gasteiger partial charge in [-0.15, -0.1) is 0 Å². The standard InChI is InChI=1S/C24H21NO7/c1-10(25)18-16(27)9-12-7-11-8-14-13(17-3-2-6-32-17)4-5-15(26)20(14)21(28)19(11)23(30)24(12,31)22(18)29/h2-6,11-12,26,28-29,31H,1,7-9,25H2/t11?,12-,24+/m0/s1. The van der Waals surface area contributed by atoms with Gasteiger partial charge in [-0.05, 0) is 48.6 Å². The normalized spacial score (nSPS) is 27.2. The van der Waals surface area contributed by atoms with Gasteiger partial charge in [-0.2, -0.15) is 0 Å². The van der Waals surface area contributed by atoms with E-state index in [0.717, 1.165) is 0 Å². The fourth-order valence-corrected chi connectivity index (χ4v) is 5.36. The summed E-state index contributed by atoms with van der Waals surface area (Å²) in [6.07, 6.45) is 1.75. The van der Waals surface area contributed by atoms with Gasteiger partial charge in [0, 0.05) is 29.2 Å². The lowest BCUT2D eigenvalue weighted by Gasteiger charge is -2.46. The van der Waals surface area contributed by atoms with E-state index < -0.39 is 40.5 Å². The zero-order chi connectivity index (χ0) is 22.9. The van der Waals surface area contributed by atoms with Crippen molar-refractivity contribution in [2.75, 3.05) is 0 Å². The van der Waals surface area contributed by atoms with Crippen LogP contribution in [0.3, 0.4) is 0 Å². The molecule has 1 unspecified atom stereocenters. The Kier molecular flexibility index (Phi) is 4.16. The molecule has 2 aromatic rings. The lowest BCUT2D eigenvalue weighted by Crippen LogP contribution is -2.57. The largest absolute Gasteiger partial charge is 0.508 e. The second kappa shape index (κ2) is 6.61. The minimum Gasteiger partial charge on any atom is -0.508 e. The lowest BCUT2D eigenvalue weighted by molar-refractivity contribution is -0.147. The van der Waals surface area contributed by atoms with E-state index in [-0.39, 0.29) is 47.4 Å². The third-order valence-electron chi connectivity index (χ3n) is 6.81. The number of phenolic OH excluding ortho intramolecular Hbond substituents is 1. The van der Waals surface area contributed by atoms with Crippen LogP contribution in [0, 0.1) is 11.8 Å². The van der Waals surface area contributed by atoms with Gasteiger partial charge in [-0.1, -0.05) is 6.58 Å². The number of ketones is 2. The Balaban J connectivity index is 1.72. The highest BCUT2D eigenvalue weighted by Crippen LogP contribution is 2.53. The highest BCUT2D eigenvalue weighted by Gasteiger charge is 2.60. The molecule has 3 aliphatic carbocycles. The van der Waals surface area contributed by atoms with Crippen LogP contribution in [-0.4, -0.2) is 37.6 Å². The van der Waals surface area contributed by atoms with Gasteiger partial charge >= 0.3 is 0 Å². The number of allylic oxidation sites excluding steroid dienone is 1. The molecule has 3 aliphatic rings. The van der Waals surface area contributed by atoms with Crippen molar-refractivity contribution in [2.24, 2.45) is 17.6 Å². The van der Waals surface area contributed by atoms with Crippen molar-refractivity contribution in [2.45, 2.75) is 24.9 Å². The van der Waals surface area contributed by atoms with Crippen LogP contribution in [0.25, 0.3) is 17.1 Å². The summed E-state index contributed by atoms with van der Waals surface area (Å²) in [4.78, 5) is 26.0. The Morgan fingerprint density at radius 2 is 1.91 bits per heavy atom. The van der Waals surface area contributed by atoms with E-state index in [1.807, 2.05) is 0 Å². The quantitative estimate of drug-likeness (QED) is 0.482. The predicted octanol–water partition coefficient (Wildman–Crippen LogP) is 2.67. The summed E-state index contributed by atoms with van der Waals surface area (Å²) in [6.45, 7) is 3.46. The number of phenols is 1. The number of rotatable bonds is 2. The van der Waals surface area contributed by atoms with E-state index in [4.69, 9.17) is 10.2 Å². The van der Waals surface area contributed by atoms with E-state index in [1.54, 1.807) is 18.2 Å². The smallest absolute Gasteiger partial charge is 0.202 e. The maximum absolute atomic E-state index is 13.5. The SMILES string of the molecule is C=C(N)C1=C(O)[C@@]2(O)C(=O)C3=C(O)c4c(O)ccc(-c5ccco5)c4CC3C[C@H]2CC1=O. The van der Waals surface area contributed by atoms with Crippen molar-refractivity contribution in [1.82, 2.24) is 0 Å². The molecule has 0 spiro atoms. The van der Waals surface area contributed by atoms with Gasteiger partial charge in [0.2, 0.25) is 5.78 Å². The van der Waals surface area contributed by atoms with Crippen LogP contribution in [0.15, 0.2) is 64.1 Å². The Morgan fingerprint density at radius 1 is 1.16 bits per heavy atom. The molecule has 32 heavy (non-hydrogen) atoms. The predicted molar refractivity (Wildman–Crippen MR) is 113 cm³/mol. The Labute approximate surface area is 182 Å². The molecule has 8 nitrogen and oxygen atoms in total. The van der Waals surface area contributed by atoms with Crippen molar-refractivity contribution in [3.63, 3.8) is 0 Å². The average molecular weight is 435 g/mol. The summed E-state index contributed by atoms with van der Waals surface area (Å²) < 4.78 is 5.49. The van der Waals surface area contributed by atoms with E-state index in [2.05, 4.69) is 6.58 Å². The number of carbonyl (C=O) groups is 2. The van der Waals surface area contributed by atoms with E-state index in [1.165, 1.54) is 12.3 Å². The molecule has 0 bridgehead atoms. The fourth-order valence-electron chi connectivity index (χ4n) is 5.36. The molecule has 6 N–H and O–H groups in total. The van der Waals surface area contributed by atoms with Crippen LogP contribution in [0.1, 0.15) is 24.0 Å². The molecule has 0 amide bonds. The number of benzene rings is 1. The molecule has 8 heteroatoms. The molecule has 5 rings (SSSR count). The summed E-state index contributed by atoms with van der Waals surface area (Å²) >= 11 is 0. The molecular formula is C24H21NO7. The second-order valence-electron chi connectivity index (χ2n) is 8.53. The molecule has 0 radical (unpaired) electrons. The molecule has 1 saturated carbocycles. The number of carbonyl (C=O) groups excluding carboxylic acids is 2. The number of aromatic hydroxyl groups is 1. The lowest BCUT2D eigenvalue weighted by atomic mass is 9.59. The van der Waals surface area contributed by atoms with E-state index >= 15 is 0 Å². The van der Waals surface area contributed by atoms with Gasteiger partial charge in [0.05, 0.1) is 17.4 Å². The molecule has 164 valence electrons. The monoisotopic (exact) mass is 435 g/mol. The van der Waals surface area contributed by atoms with Crippen molar-refractivity contribution >= 4 is 17.3 Å². The molecule has 3 atom stereocenters. The summed E-state index contributed by atoms with van der Waals surface area (Å²) in [5, 5.41) is 43.6. The highest BCUT2D eigenvalue weighted by molar-refractivity contribution is 6.14. The van der Waals surface area contributed by atoms with Gasteiger partial charge in [0.1, 0.15) is 23.0 Å². The van der Waals surface area contributed by atoms with Gasteiger partial charge in [-0.3, -0.25) is 9.59 Å². The van der Waals surface area contributed by atoms with E-state index in [9.17, 15) is 30.0 Å². The Morgan fingerprint density at radius 3 is 2.56 bits per heavy atom. The van der Waals surface area contributed by atoms with Crippen molar-refractivity contribution in [1.29, 1.82) is 0 Å². The third-order valence-corrected chi connectivity index (χ3v) is 6.81. The second-order valence-corrected chi connectivity index (χ2v) is 8.53. The highest BCUT2D eigenvalue weighted by atomic mass is 16.3. The van der Waals surface area contributed by atoms with Crippen LogP contribution in [-0.2, 0) is 16.0 Å². The number of furan rings is 1. The molecule has 1 fully saturated rings. The molecule has 1 aromatic carbocycles. The van der Waals surface area contributed by atoms with Crippen LogP contribution in [0.5, 0.6) is 5.75 Å². The number of hydrogen-bond acceptors (Lipinski definition) is 8. The number of Topliss-reactive ketones (excluding diaryl/α,β-unsaturated/α-hetero) is 2. The minimum absolute atomic E-state index is 0.0827. The summed E-state index contributed by atoms with van der Waals surface area (Å²) in [7, 11) is 0. The molecule has 1 aromatic heterocycles. The fraction of sp³-hybridized carbons (Fsp3) is 0.250. The first-order chi connectivity index (χ1) is 15.2. The topological polar surface area (TPSA) is 154 Å². The van der Waals surface area contributed by atoms with Gasteiger partial charge in [0.15, 0.2) is 11.4 Å². The zero-order valence-corrected chi connectivity index (χ0v) is 17.0. The van der Waals surface area contributed by atoms with Crippen LogP contribution >= 0.6 is 0 Å². The first kappa shape index (κ1) is 20.1. The van der Waals surface area contributed by atoms with Crippen LogP contribution in [0.2, 0.25) is 0 Å². The maximum Gasteiger partial charge on any atom is 0.202 e. The first-order valence-corrected chi connectivity index (χ1v) is 10.2. The van der Waals surface area contributed by atoms with Gasteiger partial charge in [-0.25, -0.2) is 0 Å². The molecule has 0 aliphatic heterocycles. The number of fused-ring (bicyclic) bond motifs is 3. The summed E-state index contributed by atoms with van der Waals surface area (Å²) in [5.41, 5.74) is 3.85. The zero-order valence-electron chi connectivity index (χ0n) is 17.0. The van der Waals surface area contributed by atoms with E-state index in [0.29, 0.717) is 16.9 Å². The summed E-state index contributed by atoms with van der Waals surface area (Å²) in [6, 6.07) is 6.53. The molecule has 1 heterocycles. The third kappa shape index (κ3) is 2.47. The molecule has 0 saturated heterocycles. The molecular weight excluding hydrogens is 414 g/mol. The van der Waals surface area contributed by atoms with Crippen molar-refractivity contribution in [3.8, 4) is 17.1 Å². The summed E-state index contributed by atoms with van der Waals surface area (Å²) in [5.74, 6) is -3.82. The Hall–Kier alpha value is -3.78.